The van der Waals surface area contributed by atoms with E-state index in [-0.39, 0.29) is 6.54 Å². The van der Waals surface area contributed by atoms with E-state index in [9.17, 15) is 0 Å². The van der Waals surface area contributed by atoms with Gasteiger partial charge in [-0.3, -0.25) is 9.11 Å². The fraction of sp³-hybridized carbons (Fsp3) is 0.250. The number of anilines is 2. The van der Waals surface area contributed by atoms with Gasteiger partial charge in [-0.1, -0.05) is 0 Å². The minimum Gasteiger partial charge on any atom is -0.399 e. The van der Waals surface area contributed by atoms with Crippen LogP contribution in [0.4, 0.5) is 11.4 Å². The molecule has 0 amide bonds. The molecule has 1 aromatic carbocycles. The van der Waals surface area contributed by atoms with Gasteiger partial charge in [0.15, 0.2) is 6.29 Å². The molecule has 0 bridgehead atoms. The van der Waals surface area contributed by atoms with E-state index in [0.717, 1.165) is 5.69 Å². The highest BCUT2D eigenvalue weighted by molar-refractivity contribution is 7.79. The van der Waals surface area contributed by atoms with Gasteiger partial charge < -0.3 is 21.3 Å². The van der Waals surface area contributed by atoms with Gasteiger partial charge in [0, 0.05) is 11.4 Å². The molecule has 0 aliphatic heterocycles. The predicted octanol–water partition coefficient (Wildman–Crippen LogP) is -0.661. The normalized spacial score (nSPS) is 10.6. The monoisotopic (exact) mass is 266 g/mol. The molecule has 17 heavy (non-hydrogen) atoms. The number of nitrogen functional groups attached to an aromatic ring is 1. The number of benzene rings is 1. The number of hydrogen-bond donors (Lipinski definition) is 6. The van der Waals surface area contributed by atoms with Gasteiger partial charge in [0.2, 0.25) is 0 Å². The van der Waals surface area contributed by atoms with Crippen molar-refractivity contribution in [1.29, 1.82) is 0 Å². The fourth-order valence-electron chi connectivity index (χ4n) is 0.810. The molecule has 0 radical (unpaired) electrons. The highest BCUT2D eigenvalue weighted by atomic mass is 32.3. The van der Waals surface area contributed by atoms with Gasteiger partial charge in [-0.15, -0.1) is 0 Å². The first kappa shape index (κ1) is 15.6. The van der Waals surface area contributed by atoms with E-state index >= 15 is 0 Å². The number of aliphatic hydroxyl groups excluding tert-OH is 1. The first-order chi connectivity index (χ1) is 7.68. The lowest BCUT2D eigenvalue weighted by Gasteiger charge is -2.07. The summed E-state index contributed by atoms with van der Waals surface area (Å²) in [6.07, 6.45) is -1.33. The third-order valence-electron chi connectivity index (χ3n) is 1.40. The van der Waals surface area contributed by atoms with Crippen molar-refractivity contribution in [1.82, 2.24) is 0 Å². The lowest BCUT2D eigenvalue weighted by Crippen LogP contribution is -2.18. The van der Waals surface area contributed by atoms with E-state index in [1.165, 1.54) is 0 Å². The molecule has 8 nitrogen and oxygen atoms in total. The van der Waals surface area contributed by atoms with Crippen LogP contribution < -0.4 is 11.1 Å². The Hall–Kier alpha value is -1.39. The lowest BCUT2D eigenvalue weighted by atomic mass is 10.3. The van der Waals surface area contributed by atoms with Crippen LogP contribution >= 0.6 is 0 Å². The molecule has 0 saturated heterocycles. The number of aliphatic hydroxyl groups is 2. The van der Waals surface area contributed by atoms with Crippen molar-refractivity contribution in [3.8, 4) is 0 Å². The summed E-state index contributed by atoms with van der Waals surface area (Å²) >= 11 is 0. The fourth-order valence-corrected chi connectivity index (χ4v) is 0.810. The zero-order chi connectivity index (χ0) is 13.5. The second kappa shape index (κ2) is 7.04. The summed E-state index contributed by atoms with van der Waals surface area (Å²) in [5, 5.41) is 19.9. The van der Waals surface area contributed by atoms with Gasteiger partial charge >= 0.3 is 10.4 Å². The van der Waals surface area contributed by atoms with E-state index in [0.29, 0.717) is 5.69 Å². The minimum atomic E-state index is -4.67. The van der Waals surface area contributed by atoms with Crippen LogP contribution in [0.1, 0.15) is 0 Å². The van der Waals surface area contributed by atoms with Gasteiger partial charge in [0.25, 0.3) is 0 Å². The molecule has 7 N–H and O–H groups in total. The summed E-state index contributed by atoms with van der Waals surface area (Å²) in [5.41, 5.74) is 6.96. The van der Waals surface area contributed by atoms with Crippen molar-refractivity contribution in [2.75, 3.05) is 17.6 Å². The molecule has 0 spiro atoms. The van der Waals surface area contributed by atoms with Crippen LogP contribution in [0.5, 0.6) is 0 Å². The van der Waals surface area contributed by atoms with Crippen molar-refractivity contribution in [2.45, 2.75) is 6.29 Å². The molecular weight excluding hydrogens is 252 g/mol. The molecule has 0 fully saturated rings. The predicted molar refractivity (Wildman–Crippen MR) is 61.7 cm³/mol. The van der Waals surface area contributed by atoms with Crippen LogP contribution in [0.2, 0.25) is 0 Å². The third-order valence-corrected chi connectivity index (χ3v) is 1.40. The summed E-state index contributed by atoms with van der Waals surface area (Å²) in [6, 6.07) is 7.04. The standard InChI is InChI=1S/C8H12N2O2.H2O4S/c9-6-1-3-7(4-2-6)10-5-8(11)12;1-5(2,3)4/h1-4,8,10-12H,5,9H2;(H2,1,2,3,4). The molecule has 9 heteroatoms. The summed E-state index contributed by atoms with van der Waals surface area (Å²) in [6.45, 7) is 0.115. The maximum atomic E-state index is 8.74. The van der Waals surface area contributed by atoms with Crippen molar-refractivity contribution < 1.29 is 27.7 Å². The van der Waals surface area contributed by atoms with Crippen LogP contribution in [-0.4, -0.2) is 40.6 Å². The van der Waals surface area contributed by atoms with Gasteiger partial charge in [-0.25, -0.2) is 0 Å². The molecule has 0 aromatic heterocycles. The molecule has 0 heterocycles. The number of nitrogens with two attached hydrogens (primary N) is 1. The molecule has 0 saturated carbocycles. The van der Waals surface area contributed by atoms with Gasteiger partial charge in [-0.2, -0.15) is 8.42 Å². The summed E-state index contributed by atoms with van der Waals surface area (Å²) in [5.74, 6) is 0. The average molecular weight is 266 g/mol. The summed E-state index contributed by atoms with van der Waals surface area (Å²) in [4.78, 5) is 0. The van der Waals surface area contributed by atoms with E-state index in [4.69, 9.17) is 33.5 Å². The maximum absolute atomic E-state index is 8.74. The highest BCUT2D eigenvalue weighted by Gasteiger charge is 1.95. The Morgan fingerprint density at radius 2 is 1.59 bits per heavy atom. The molecule has 1 aromatic rings. The summed E-state index contributed by atoms with van der Waals surface area (Å²) < 4.78 is 31.6. The van der Waals surface area contributed by atoms with Crippen LogP contribution in [0, 0.1) is 0 Å². The van der Waals surface area contributed by atoms with E-state index < -0.39 is 16.7 Å². The van der Waals surface area contributed by atoms with Crippen LogP contribution in [0.25, 0.3) is 0 Å². The van der Waals surface area contributed by atoms with E-state index in [2.05, 4.69) is 5.32 Å². The Balaban J connectivity index is 0.000000437. The van der Waals surface area contributed by atoms with E-state index in [1.807, 2.05) is 0 Å². The maximum Gasteiger partial charge on any atom is 0.394 e. The molecule has 98 valence electrons. The van der Waals surface area contributed by atoms with Crippen molar-refractivity contribution >= 4 is 21.8 Å². The third kappa shape index (κ3) is 12.5. The first-order valence-electron chi connectivity index (χ1n) is 4.34. The largest absolute Gasteiger partial charge is 0.399 e. The Bertz CT molecular complexity index is 408. The topological polar surface area (TPSA) is 153 Å². The molecule has 0 aliphatic carbocycles. The first-order valence-corrected chi connectivity index (χ1v) is 5.73. The molecule has 0 unspecified atom stereocenters. The van der Waals surface area contributed by atoms with Gasteiger partial charge in [0.05, 0.1) is 6.54 Å². The Kier molecular flexibility index (Phi) is 6.46. The SMILES string of the molecule is Nc1ccc(NCC(O)O)cc1.O=S(=O)(O)O. The second-order valence-corrected chi connectivity index (χ2v) is 3.83. The van der Waals surface area contributed by atoms with E-state index in [1.54, 1.807) is 24.3 Å². The zero-order valence-electron chi connectivity index (χ0n) is 8.68. The van der Waals surface area contributed by atoms with Crippen LogP contribution in [0.3, 0.4) is 0 Å². The van der Waals surface area contributed by atoms with Crippen molar-refractivity contribution in [2.24, 2.45) is 0 Å². The minimum absolute atomic E-state index is 0.115. The zero-order valence-corrected chi connectivity index (χ0v) is 9.50. The lowest BCUT2D eigenvalue weighted by molar-refractivity contribution is -0.0275. The molecule has 0 atom stereocenters. The van der Waals surface area contributed by atoms with Crippen molar-refractivity contribution in [3.63, 3.8) is 0 Å². The molecular formula is C8H14N2O6S. The molecule has 0 aliphatic rings. The average Bonchev–Trinajstić information content (AvgIpc) is 2.14. The smallest absolute Gasteiger partial charge is 0.394 e. The number of nitrogens with one attached hydrogen (secondary N) is 1. The van der Waals surface area contributed by atoms with Crippen LogP contribution in [0.15, 0.2) is 24.3 Å². The summed E-state index contributed by atoms with van der Waals surface area (Å²) in [7, 11) is -4.67. The van der Waals surface area contributed by atoms with Gasteiger partial charge in [0.1, 0.15) is 0 Å². The number of rotatable bonds is 3. The van der Waals surface area contributed by atoms with Gasteiger partial charge in [-0.05, 0) is 24.3 Å². The van der Waals surface area contributed by atoms with Crippen molar-refractivity contribution in [3.05, 3.63) is 24.3 Å². The van der Waals surface area contributed by atoms with Crippen LogP contribution in [-0.2, 0) is 10.4 Å². The molecule has 1 rings (SSSR count). The Morgan fingerprint density at radius 1 is 1.18 bits per heavy atom. The Morgan fingerprint density at radius 3 is 1.94 bits per heavy atom. The number of hydrogen-bond acceptors (Lipinski definition) is 6. The Labute approximate surface area is 98.3 Å². The highest BCUT2D eigenvalue weighted by Crippen LogP contribution is 2.09. The quantitative estimate of drug-likeness (QED) is 0.239. The second-order valence-electron chi connectivity index (χ2n) is 2.93.